The predicted molar refractivity (Wildman–Crippen MR) is 66.6 cm³/mol. The van der Waals surface area contributed by atoms with Crippen molar-refractivity contribution in [2.24, 2.45) is 0 Å². The van der Waals surface area contributed by atoms with Crippen LogP contribution in [0.4, 0.5) is 17.6 Å². The third-order valence-corrected chi connectivity index (χ3v) is 2.99. The molecule has 1 N–H and O–H groups in total. The van der Waals surface area contributed by atoms with Crippen LogP contribution in [0.2, 0.25) is 5.15 Å². The molecule has 1 heterocycles. The number of rotatable bonds is 2. The topological polar surface area (TPSA) is 50.2 Å². The van der Waals surface area contributed by atoms with Crippen LogP contribution in [-0.4, -0.2) is 16.1 Å². The highest BCUT2D eigenvalue weighted by molar-refractivity contribution is 6.32. The molecular formula is C13H6ClF4NO2. The minimum atomic E-state index is -4.85. The number of carboxylic acid groups (broad SMARTS) is 1. The van der Waals surface area contributed by atoms with Gasteiger partial charge in [-0.1, -0.05) is 23.7 Å². The van der Waals surface area contributed by atoms with Crippen LogP contribution in [0, 0.1) is 5.82 Å². The lowest BCUT2D eigenvalue weighted by atomic mass is 10.0. The Morgan fingerprint density at radius 2 is 1.95 bits per heavy atom. The van der Waals surface area contributed by atoms with Crippen molar-refractivity contribution in [3.63, 3.8) is 0 Å². The zero-order valence-corrected chi connectivity index (χ0v) is 10.8. The van der Waals surface area contributed by atoms with E-state index in [4.69, 9.17) is 16.7 Å². The van der Waals surface area contributed by atoms with Gasteiger partial charge in [0.25, 0.3) is 0 Å². The second kappa shape index (κ2) is 5.33. The Balaban J connectivity index is 2.63. The van der Waals surface area contributed by atoms with Gasteiger partial charge in [0.15, 0.2) is 0 Å². The first-order chi connectivity index (χ1) is 9.71. The van der Waals surface area contributed by atoms with Gasteiger partial charge in [-0.3, -0.25) is 0 Å². The highest BCUT2D eigenvalue weighted by atomic mass is 35.5. The molecule has 0 aliphatic heterocycles. The van der Waals surface area contributed by atoms with E-state index in [0.717, 1.165) is 24.4 Å². The molecule has 21 heavy (non-hydrogen) atoms. The predicted octanol–water partition coefficient (Wildman–Crippen LogP) is 4.26. The molecule has 0 radical (unpaired) electrons. The van der Waals surface area contributed by atoms with Crippen LogP contribution in [-0.2, 0) is 6.18 Å². The van der Waals surface area contributed by atoms with Gasteiger partial charge < -0.3 is 5.11 Å². The summed E-state index contributed by atoms with van der Waals surface area (Å²) in [6, 6.07) is 3.69. The molecule has 1 aromatic heterocycles. The van der Waals surface area contributed by atoms with Gasteiger partial charge in [0.1, 0.15) is 11.0 Å². The molecule has 0 unspecified atom stereocenters. The van der Waals surface area contributed by atoms with Crippen LogP contribution in [0.3, 0.4) is 0 Å². The lowest BCUT2D eigenvalue weighted by Gasteiger charge is -2.11. The van der Waals surface area contributed by atoms with E-state index >= 15 is 0 Å². The van der Waals surface area contributed by atoms with Crippen LogP contribution in [0.1, 0.15) is 15.9 Å². The van der Waals surface area contributed by atoms with E-state index in [2.05, 4.69) is 4.98 Å². The normalized spacial score (nSPS) is 11.5. The maximum atomic E-state index is 14.0. The van der Waals surface area contributed by atoms with Crippen LogP contribution in [0.5, 0.6) is 0 Å². The minimum Gasteiger partial charge on any atom is -0.478 e. The molecule has 1 aromatic carbocycles. The van der Waals surface area contributed by atoms with Gasteiger partial charge in [0.05, 0.1) is 11.1 Å². The van der Waals surface area contributed by atoms with Crippen LogP contribution in [0.15, 0.2) is 30.5 Å². The van der Waals surface area contributed by atoms with Crippen molar-refractivity contribution in [2.75, 3.05) is 0 Å². The number of carbonyl (C=O) groups is 1. The number of hydrogen-bond acceptors (Lipinski definition) is 2. The first-order valence-corrected chi connectivity index (χ1v) is 5.84. The Labute approximate surface area is 120 Å². The molecule has 0 aliphatic rings. The minimum absolute atomic E-state index is 0.111. The second-order valence-corrected chi connectivity index (χ2v) is 4.39. The van der Waals surface area contributed by atoms with Crippen molar-refractivity contribution in [3.05, 3.63) is 52.6 Å². The van der Waals surface area contributed by atoms with E-state index < -0.39 is 34.7 Å². The molecule has 0 atom stereocenters. The van der Waals surface area contributed by atoms with Gasteiger partial charge in [-0.25, -0.2) is 14.2 Å². The summed E-state index contributed by atoms with van der Waals surface area (Å²) >= 11 is 5.56. The van der Waals surface area contributed by atoms with Crippen LogP contribution >= 0.6 is 11.6 Å². The summed E-state index contributed by atoms with van der Waals surface area (Å²) in [7, 11) is 0. The molecule has 0 amide bonds. The second-order valence-electron chi connectivity index (χ2n) is 4.03. The SMILES string of the molecule is O=C(O)c1cc(-c2cccc(C(F)(F)F)c2F)cnc1Cl. The maximum Gasteiger partial charge on any atom is 0.419 e. The number of pyridine rings is 1. The summed E-state index contributed by atoms with van der Waals surface area (Å²) < 4.78 is 51.9. The zero-order valence-electron chi connectivity index (χ0n) is 10.1. The molecule has 2 aromatic rings. The number of benzene rings is 1. The first-order valence-electron chi connectivity index (χ1n) is 5.46. The lowest BCUT2D eigenvalue weighted by molar-refractivity contribution is -0.139. The third-order valence-electron chi connectivity index (χ3n) is 2.68. The fraction of sp³-hybridized carbons (Fsp3) is 0.0769. The largest absolute Gasteiger partial charge is 0.478 e. The van der Waals surface area contributed by atoms with Gasteiger partial charge in [-0.2, -0.15) is 13.2 Å². The summed E-state index contributed by atoms with van der Waals surface area (Å²) in [6.45, 7) is 0. The van der Waals surface area contributed by atoms with Crippen molar-refractivity contribution in [3.8, 4) is 11.1 Å². The molecular weight excluding hydrogens is 314 g/mol. The molecule has 0 aliphatic carbocycles. The molecule has 0 bridgehead atoms. The summed E-state index contributed by atoms with van der Waals surface area (Å²) in [6.07, 6.45) is -3.84. The number of aromatic carboxylic acids is 1. The number of nitrogens with zero attached hydrogens (tertiary/aromatic N) is 1. The van der Waals surface area contributed by atoms with Crippen LogP contribution < -0.4 is 0 Å². The summed E-state index contributed by atoms with van der Waals surface area (Å²) in [5.41, 5.74) is -2.38. The van der Waals surface area contributed by atoms with E-state index in [1.165, 1.54) is 0 Å². The highest BCUT2D eigenvalue weighted by Crippen LogP contribution is 2.35. The average Bonchev–Trinajstić information content (AvgIpc) is 2.38. The van der Waals surface area contributed by atoms with Crippen molar-refractivity contribution in [1.82, 2.24) is 4.98 Å². The van der Waals surface area contributed by atoms with Gasteiger partial charge in [0.2, 0.25) is 0 Å². The van der Waals surface area contributed by atoms with Crippen molar-refractivity contribution >= 4 is 17.6 Å². The highest BCUT2D eigenvalue weighted by Gasteiger charge is 2.35. The molecule has 0 spiro atoms. The molecule has 0 saturated heterocycles. The Morgan fingerprint density at radius 1 is 1.29 bits per heavy atom. The van der Waals surface area contributed by atoms with E-state index in [-0.39, 0.29) is 10.7 Å². The monoisotopic (exact) mass is 319 g/mol. The Bertz CT molecular complexity index is 716. The summed E-state index contributed by atoms with van der Waals surface area (Å²) in [5.74, 6) is -2.91. The standard InChI is InChI=1S/C13H6ClF4NO2/c14-11-8(12(20)21)4-6(5-19-11)7-2-1-3-9(10(7)15)13(16,17)18/h1-5H,(H,20,21). The molecule has 8 heteroatoms. The quantitative estimate of drug-likeness (QED) is 0.664. The van der Waals surface area contributed by atoms with Gasteiger partial charge in [-0.05, 0) is 12.1 Å². The van der Waals surface area contributed by atoms with E-state index in [1.807, 2.05) is 0 Å². The van der Waals surface area contributed by atoms with E-state index in [1.54, 1.807) is 0 Å². The zero-order chi connectivity index (χ0) is 15.8. The van der Waals surface area contributed by atoms with Crippen molar-refractivity contribution in [1.29, 1.82) is 0 Å². The number of alkyl halides is 3. The molecule has 3 nitrogen and oxygen atoms in total. The molecule has 2 rings (SSSR count). The fourth-order valence-electron chi connectivity index (χ4n) is 1.72. The van der Waals surface area contributed by atoms with Crippen molar-refractivity contribution in [2.45, 2.75) is 6.18 Å². The van der Waals surface area contributed by atoms with E-state index in [9.17, 15) is 22.4 Å². The van der Waals surface area contributed by atoms with E-state index in [0.29, 0.717) is 6.07 Å². The Hall–Kier alpha value is -2.15. The number of hydrogen-bond donors (Lipinski definition) is 1. The van der Waals surface area contributed by atoms with Gasteiger partial charge in [-0.15, -0.1) is 0 Å². The number of halogens is 5. The molecule has 110 valence electrons. The smallest absolute Gasteiger partial charge is 0.419 e. The summed E-state index contributed by atoms with van der Waals surface area (Å²) in [4.78, 5) is 14.5. The summed E-state index contributed by atoms with van der Waals surface area (Å²) in [5, 5.41) is 8.56. The fourth-order valence-corrected chi connectivity index (χ4v) is 1.90. The van der Waals surface area contributed by atoms with Gasteiger partial charge >= 0.3 is 12.1 Å². The number of carboxylic acids is 1. The molecule has 0 saturated carbocycles. The van der Waals surface area contributed by atoms with Crippen molar-refractivity contribution < 1.29 is 27.5 Å². The van der Waals surface area contributed by atoms with Gasteiger partial charge in [0, 0.05) is 17.3 Å². The molecule has 0 fully saturated rings. The first kappa shape index (κ1) is 15.2. The third kappa shape index (κ3) is 2.97. The maximum absolute atomic E-state index is 14.0. The Kier molecular flexibility index (Phi) is 3.87. The van der Waals surface area contributed by atoms with Crippen LogP contribution in [0.25, 0.3) is 11.1 Å². The Morgan fingerprint density at radius 3 is 2.52 bits per heavy atom. The average molecular weight is 320 g/mol. The number of aromatic nitrogens is 1. The lowest BCUT2D eigenvalue weighted by Crippen LogP contribution is -2.09.